The molecule has 3 aromatic rings. The Kier molecular flexibility index (Phi) is 5.87. The van der Waals surface area contributed by atoms with E-state index in [0.717, 1.165) is 12.1 Å². The molecule has 0 spiro atoms. The number of nitrogens with one attached hydrogen (secondary N) is 2. The second kappa shape index (κ2) is 8.51. The highest BCUT2D eigenvalue weighted by molar-refractivity contribution is 5.99. The molecule has 2 aromatic carbocycles. The number of nitrogens with zero attached hydrogens (tertiary/aromatic N) is 2. The van der Waals surface area contributed by atoms with Gasteiger partial charge in [-0.3, -0.25) is 4.79 Å². The Morgan fingerprint density at radius 1 is 1.03 bits per heavy atom. The average Bonchev–Trinajstić information content (AvgIpc) is 2.68. The van der Waals surface area contributed by atoms with Gasteiger partial charge in [0, 0.05) is 11.9 Å². The fraction of sp³-hybridized carbons (Fsp3) is 0.0500. The van der Waals surface area contributed by atoms with E-state index < -0.39 is 23.5 Å². The Labute approximate surface area is 163 Å². The summed E-state index contributed by atoms with van der Waals surface area (Å²) in [5.74, 6) is -1.02. The molecular weight excluding hydrogens is 388 g/mol. The lowest BCUT2D eigenvalue weighted by atomic mass is 10.2. The second-order valence-corrected chi connectivity index (χ2v) is 5.86. The van der Waals surface area contributed by atoms with Crippen LogP contribution in [0.3, 0.4) is 0 Å². The zero-order chi connectivity index (χ0) is 20.9. The van der Waals surface area contributed by atoms with Gasteiger partial charge in [0.05, 0.1) is 17.3 Å². The second-order valence-electron chi connectivity index (χ2n) is 5.86. The maximum absolute atomic E-state index is 13.1. The summed E-state index contributed by atoms with van der Waals surface area (Å²) in [7, 11) is 0. The number of carbonyl (C=O) groups is 1. The van der Waals surface area contributed by atoms with Crippen LogP contribution >= 0.6 is 0 Å². The molecule has 0 saturated carbocycles. The molecule has 1 heterocycles. The van der Waals surface area contributed by atoms with Crippen LogP contribution in [0.4, 0.5) is 29.1 Å². The number of aromatic nitrogens is 1. The Hall–Kier alpha value is -3.75. The predicted molar refractivity (Wildman–Crippen MR) is 100 cm³/mol. The van der Waals surface area contributed by atoms with Crippen LogP contribution in [0.1, 0.15) is 21.5 Å². The average molecular weight is 402 g/mol. The Morgan fingerprint density at radius 3 is 2.59 bits per heavy atom. The van der Waals surface area contributed by atoms with E-state index in [1.54, 1.807) is 6.07 Å². The molecule has 0 bridgehead atoms. The SMILES string of the molecule is O=C(N/N=C/c1cccc(F)c1)c1cccnc1Nc1cccc(C(F)(F)F)c1. The van der Waals surface area contributed by atoms with Crippen molar-refractivity contribution in [2.75, 3.05) is 5.32 Å². The van der Waals surface area contributed by atoms with E-state index in [-0.39, 0.29) is 17.1 Å². The van der Waals surface area contributed by atoms with Gasteiger partial charge in [-0.25, -0.2) is 14.8 Å². The van der Waals surface area contributed by atoms with E-state index >= 15 is 0 Å². The third-order valence-corrected chi connectivity index (χ3v) is 3.73. The van der Waals surface area contributed by atoms with Crippen molar-refractivity contribution in [1.82, 2.24) is 10.4 Å². The molecule has 2 N–H and O–H groups in total. The van der Waals surface area contributed by atoms with Crippen molar-refractivity contribution in [3.05, 3.63) is 89.4 Å². The molecule has 0 radical (unpaired) electrons. The number of alkyl halides is 3. The molecule has 0 unspecified atom stereocenters. The van der Waals surface area contributed by atoms with Gasteiger partial charge in [-0.15, -0.1) is 0 Å². The molecule has 1 amide bonds. The quantitative estimate of drug-likeness (QED) is 0.368. The molecule has 1 aromatic heterocycles. The first-order valence-electron chi connectivity index (χ1n) is 8.31. The Balaban J connectivity index is 1.76. The Morgan fingerprint density at radius 2 is 1.83 bits per heavy atom. The van der Waals surface area contributed by atoms with Crippen molar-refractivity contribution in [2.45, 2.75) is 6.18 Å². The summed E-state index contributed by atoms with van der Waals surface area (Å²) in [5, 5.41) is 6.47. The van der Waals surface area contributed by atoms with Gasteiger partial charge in [-0.1, -0.05) is 18.2 Å². The maximum Gasteiger partial charge on any atom is 0.416 e. The molecule has 0 aliphatic heterocycles. The first kappa shape index (κ1) is 20.0. The van der Waals surface area contributed by atoms with Crippen LogP contribution in [-0.4, -0.2) is 17.1 Å². The summed E-state index contributed by atoms with van der Waals surface area (Å²) < 4.78 is 51.8. The predicted octanol–water partition coefficient (Wildman–Crippen LogP) is 4.75. The van der Waals surface area contributed by atoms with Crippen LogP contribution in [0.25, 0.3) is 0 Å². The zero-order valence-corrected chi connectivity index (χ0v) is 14.7. The topological polar surface area (TPSA) is 66.4 Å². The largest absolute Gasteiger partial charge is 0.416 e. The van der Waals surface area contributed by atoms with Crippen molar-refractivity contribution >= 4 is 23.6 Å². The number of hydrogen-bond donors (Lipinski definition) is 2. The number of anilines is 2. The minimum atomic E-state index is -4.49. The van der Waals surface area contributed by atoms with Gasteiger partial charge in [0.2, 0.25) is 0 Å². The molecular formula is C20H14F4N4O. The number of halogens is 4. The number of benzene rings is 2. The van der Waals surface area contributed by atoms with Crippen LogP contribution in [-0.2, 0) is 6.18 Å². The highest BCUT2D eigenvalue weighted by Gasteiger charge is 2.30. The van der Waals surface area contributed by atoms with Crippen molar-refractivity contribution < 1.29 is 22.4 Å². The fourth-order valence-corrected chi connectivity index (χ4v) is 2.41. The summed E-state index contributed by atoms with van der Waals surface area (Å²) in [6.07, 6.45) is -1.84. The van der Waals surface area contributed by atoms with Gasteiger partial charge in [-0.2, -0.15) is 18.3 Å². The van der Waals surface area contributed by atoms with Crippen LogP contribution in [0.2, 0.25) is 0 Å². The molecule has 0 aliphatic rings. The van der Waals surface area contributed by atoms with Crippen LogP contribution in [0.5, 0.6) is 0 Å². The van der Waals surface area contributed by atoms with Gasteiger partial charge in [0.1, 0.15) is 11.6 Å². The third kappa shape index (κ3) is 5.38. The number of hydrazone groups is 1. The standard InChI is InChI=1S/C20H14F4N4O/c21-15-6-1-4-13(10-15)12-26-28-19(29)17-8-3-9-25-18(17)27-16-7-2-5-14(11-16)20(22,23)24/h1-12H,(H,25,27)(H,28,29)/b26-12+. The van der Waals surface area contributed by atoms with Gasteiger partial charge < -0.3 is 5.32 Å². The normalized spacial score (nSPS) is 11.4. The van der Waals surface area contributed by atoms with Gasteiger partial charge >= 0.3 is 6.18 Å². The summed E-state index contributed by atoms with van der Waals surface area (Å²) >= 11 is 0. The molecule has 0 fully saturated rings. The summed E-state index contributed by atoms with van der Waals surface area (Å²) in [6, 6.07) is 13.1. The van der Waals surface area contributed by atoms with Crippen molar-refractivity contribution in [2.24, 2.45) is 5.10 Å². The number of carbonyl (C=O) groups excluding carboxylic acids is 1. The number of pyridine rings is 1. The number of hydrogen-bond acceptors (Lipinski definition) is 4. The number of rotatable bonds is 5. The van der Waals surface area contributed by atoms with Crippen LogP contribution in [0.15, 0.2) is 72.0 Å². The molecule has 9 heteroatoms. The van der Waals surface area contributed by atoms with E-state index in [1.165, 1.54) is 54.9 Å². The summed E-state index contributed by atoms with van der Waals surface area (Å²) in [6.45, 7) is 0. The molecule has 3 rings (SSSR count). The number of amides is 1. The van der Waals surface area contributed by atoms with E-state index in [4.69, 9.17) is 0 Å². The minimum Gasteiger partial charge on any atom is -0.340 e. The van der Waals surface area contributed by atoms with Crippen LogP contribution in [0, 0.1) is 5.82 Å². The molecule has 148 valence electrons. The molecule has 29 heavy (non-hydrogen) atoms. The third-order valence-electron chi connectivity index (χ3n) is 3.73. The Bertz CT molecular complexity index is 1050. The highest BCUT2D eigenvalue weighted by Crippen LogP contribution is 2.31. The lowest BCUT2D eigenvalue weighted by Crippen LogP contribution is -2.19. The van der Waals surface area contributed by atoms with Crippen molar-refractivity contribution in [3.8, 4) is 0 Å². The van der Waals surface area contributed by atoms with E-state index in [9.17, 15) is 22.4 Å². The van der Waals surface area contributed by atoms with E-state index in [1.807, 2.05) is 0 Å². The lowest BCUT2D eigenvalue weighted by molar-refractivity contribution is -0.137. The van der Waals surface area contributed by atoms with Gasteiger partial charge in [-0.05, 0) is 48.0 Å². The lowest BCUT2D eigenvalue weighted by Gasteiger charge is -2.12. The first-order chi connectivity index (χ1) is 13.8. The highest BCUT2D eigenvalue weighted by atomic mass is 19.4. The zero-order valence-electron chi connectivity index (χ0n) is 14.7. The van der Waals surface area contributed by atoms with E-state index in [2.05, 4.69) is 20.8 Å². The molecule has 0 atom stereocenters. The summed E-state index contributed by atoms with van der Waals surface area (Å²) in [5.41, 5.74) is 2.08. The monoisotopic (exact) mass is 402 g/mol. The first-order valence-corrected chi connectivity index (χ1v) is 8.31. The van der Waals surface area contributed by atoms with Crippen LogP contribution < -0.4 is 10.7 Å². The van der Waals surface area contributed by atoms with E-state index in [0.29, 0.717) is 5.56 Å². The smallest absolute Gasteiger partial charge is 0.340 e. The summed E-state index contributed by atoms with van der Waals surface area (Å²) in [4.78, 5) is 16.4. The maximum atomic E-state index is 13.1. The van der Waals surface area contributed by atoms with Gasteiger partial charge in [0.15, 0.2) is 0 Å². The fourth-order valence-electron chi connectivity index (χ4n) is 2.41. The molecule has 5 nitrogen and oxygen atoms in total. The molecule has 0 aliphatic carbocycles. The minimum absolute atomic E-state index is 0.0604. The van der Waals surface area contributed by atoms with Gasteiger partial charge in [0.25, 0.3) is 5.91 Å². The molecule has 0 saturated heterocycles. The van der Waals surface area contributed by atoms with Crippen molar-refractivity contribution in [3.63, 3.8) is 0 Å². The van der Waals surface area contributed by atoms with Crippen molar-refractivity contribution in [1.29, 1.82) is 0 Å².